The van der Waals surface area contributed by atoms with E-state index in [4.69, 9.17) is 4.74 Å². The summed E-state index contributed by atoms with van der Waals surface area (Å²) in [5.74, 6) is -0.271. The Morgan fingerprint density at radius 3 is 2.48 bits per heavy atom. The summed E-state index contributed by atoms with van der Waals surface area (Å²) in [6, 6.07) is 13.4. The number of carbonyl (C=O) groups excluding carboxylic acids is 1. The number of para-hydroxylation sites is 1. The minimum Gasteiger partial charge on any atom is -0.491 e. The molecule has 0 spiro atoms. The van der Waals surface area contributed by atoms with Crippen LogP contribution in [0.3, 0.4) is 0 Å². The molecule has 146 valence electrons. The Hall–Kier alpha value is -2.45. The number of aryl methyl sites for hydroxylation is 1. The second-order valence-corrected chi connectivity index (χ2v) is 8.07. The van der Waals surface area contributed by atoms with Crippen molar-refractivity contribution in [3.05, 3.63) is 65.5 Å². The minimum absolute atomic E-state index is 0.207. The third-order valence-corrected chi connectivity index (χ3v) is 5.07. The molecular weight excluding hydrogens is 371 g/mol. The number of carbonyl (C=O) groups is 1. The van der Waals surface area contributed by atoms with E-state index in [2.05, 4.69) is 5.32 Å². The Morgan fingerprint density at radius 2 is 1.81 bits per heavy atom. The number of benzene rings is 2. The number of amides is 1. The van der Waals surface area contributed by atoms with Crippen molar-refractivity contribution < 1.29 is 22.3 Å². The summed E-state index contributed by atoms with van der Waals surface area (Å²) < 4.78 is 44.2. The molecule has 2 aromatic rings. The Balaban J connectivity index is 1.87. The van der Waals surface area contributed by atoms with Gasteiger partial charge in [-0.2, -0.15) is 4.31 Å². The summed E-state index contributed by atoms with van der Waals surface area (Å²) in [5.41, 5.74) is 1.19. The van der Waals surface area contributed by atoms with Gasteiger partial charge in [-0.1, -0.05) is 36.4 Å². The second-order valence-electron chi connectivity index (χ2n) is 6.09. The number of nitrogens with one attached hydrogen (secondary N) is 1. The third kappa shape index (κ3) is 6.65. The fourth-order valence-electron chi connectivity index (χ4n) is 2.39. The lowest BCUT2D eigenvalue weighted by atomic mass is 10.2. The molecule has 27 heavy (non-hydrogen) atoms. The number of rotatable bonds is 9. The average molecular weight is 394 g/mol. The predicted octanol–water partition coefficient (Wildman–Crippen LogP) is 2.09. The number of hydrogen-bond acceptors (Lipinski definition) is 4. The van der Waals surface area contributed by atoms with Gasteiger partial charge in [-0.05, 0) is 24.6 Å². The highest BCUT2D eigenvalue weighted by Gasteiger charge is 2.21. The molecule has 8 heteroatoms. The number of hydrogen-bond donors (Lipinski definition) is 1. The molecule has 6 nitrogen and oxygen atoms in total. The van der Waals surface area contributed by atoms with Crippen molar-refractivity contribution in [1.82, 2.24) is 9.62 Å². The molecule has 0 aliphatic heterocycles. The van der Waals surface area contributed by atoms with E-state index in [1.165, 1.54) is 18.2 Å². The Labute approximate surface area is 159 Å². The first-order valence-corrected chi connectivity index (χ1v) is 10.3. The zero-order valence-corrected chi connectivity index (χ0v) is 16.1. The van der Waals surface area contributed by atoms with E-state index in [0.717, 1.165) is 21.9 Å². The smallest absolute Gasteiger partial charge is 0.235 e. The molecule has 0 heterocycles. The van der Waals surface area contributed by atoms with Crippen molar-refractivity contribution in [3.63, 3.8) is 0 Å². The molecule has 0 aromatic heterocycles. The molecule has 0 atom stereocenters. The van der Waals surface area contributed by atoms with E-state index >= 15 is 0 Å². The van der Waals surface area contributed by atoms with E-state index < -0.39 is 28.3 Å². The van der Waals surface area contributed by atoms with Crippen molar-refractivity contribution in [3.8, 4) is 5.75 Å². The first-order valence-electron chi connectivity index (χ1n) is 8.41. The fraction of sp³-hybridized carbons (Fsp3) is 0.316. The Bertz CT molecular complexity index is 887. The number of ether oxygens (including phenoxy) is 1. The molecule has 2 rings (SSSR count). The van der Waals surface area contributed by atoms with Crippen molar-refractivity contribution in [1.29, 1.82) is 0 Å². The van der Waals surface area contributed by atoms with Crippen LogP contribution < -0.4 is 10.1 Å². The average Bonchev–Trinajstić information content (AvgIpc) is 2.60. The van der Waals surface area contributed by atoms with Crippen LogP contribution in [0.15, 0.2) is 48.5 Å². The summed E-state index contributed by atoms with van der Waals surface area (Å²) >= 11 is 0. The van der Waals surface area contributed by atoms with E-state index in [-0.39, 0.29) is 25.3 Å². The van der Waals surface area contributed by atoms with E-state index in [1.807, 2.05) is 31.2 Å². The topological polar surface area (TPSA) is 75.7 Å². The minimum atomic E-state index is -3.68. The second kappa shape index (κ2) is 9.48. The molecule has 0 radical (unpaired) electrons. The zero-order valence-electron chi connectivity index (χ0n) is 15.3. The highest BCUT2D eigenvalue weighted by molar-refractivity contribution is 7.88. The molecule has 0 unspecified atom stereocenters. The van der Waals surface area contributed by atoms with Gasteiger partial charge in [-0.3, -0.25) is 4.79 Å². The molecule has 0 saturated carbocycles. The van der Waals surface area contributed by atoms with E-state index in [1.54, 1.807) is 6.07 Å². The van der Waals surface area contributed by atoms with Gasteiger partial charge in [0, 0.05) is 12.1 Å². The normalized spacial score (nSPS) is 11.4. The standard InChI is InChI=1S/C19H23FN2O4S/c1-15-7-3-6-10-18(15)26-12-11-21-19(23)14-22(27(2,24)25)13-16-8-4-5-9-17(16)20/h3-10H,11-14H2,1-2H3,(H,21,23). The number of sulfonamides is 1. The fourth-order valence-corrected chi connectivity index (χ4v) is 3.12. The van der Waals surface area contributed by atoms with Crippen LogP contribution in [0.25, 0.3) is 0 Å². The molecular formula is C19H23FN2O4S. The van der Waals surface area contributed by atoms with Gasteiger partial charge in [0.1, 0.15) is 18.2 Å². The molecule has 0 aliphatic carbocycles. The van der Waals surface area contributed by atoms with Crippen LogP contribution in [0, 0.1) is 12.7 Å². The van der Waals surface area contributed by atoms with Gasteiger partial charge in [0.05, 0.1) is 19.3 Å². The first kappa shape index (κ1) is 20.9. The van der Waals surface area contributed by atoms with Crippen molar-refractivity contribution in [2.45, 2.75) is 13.5 Å². The van der Waals surface area contributed by atoms with Gasteiger partial charge in [0.2, 0.25) is 15.9 Å². The van der Waals surface area contributed by atoms with Crippen LogP contribution in [-0.4, -0.2) is 44.6 Å². The lowest BCUT2D eigenvalue weighted by molar-refractivity contribution is -0.121. The summed E-state index contributed by atoms with van der Waals surface area (Å²) in [6.45, 7) is 1.80. The molecule has 0 fully saturated rings. The van der Waals surface area contributed by atoms with Gasteiger partial charge in [-0.25, -0.2) is 12.8 Å². The van der Waals surface area contributed by atoms with E-state index in [0.29, 0.717) is 0 Å². The molecule has 1 amide bonds. The number of halogens is 1. The maximum absolute atomic E-state index is 13.8. The maximum Gasteiger partial charge on any atom is 0.235 e. The number of nitrogens with zero attached hydrogens (tertiary/aromatic N) is 1. The molecule has 0 aliphatic rings. The maximum atomic E-state index is 13.8. The van der Waals surface area contributed by atoms with Gasteiger partial charge >= 0.3 is 0 Å². The molecule has 0 bridgehead atoms. The summed E-state index contributed by atoms with van der Waals surface area (Å²) in [5, 5.41) is 2.61. The molecule has 1 N–H and O–H groups in total. The van der Waals surface area contributed by atoms with E-state index in [9.17, 15) is 17.6 Å². The monoisotopic (exact) mass is 394 g/mol. The zero-order chi connectivity index (χ0) is 19.9. The largest absolute Gasteiger partial charge is 0.491 e. The first-order chi connectivity index (χ1) is 12.8. The van der Waals surface area contributed by atoms with Crippen molar-refractivity contribution in [2.24, 2.45) is 0 Å². The van der Waals surface area contributed by atoms with Crippen molar-refractivity contribution in [2.75, 3.05) is 26.0 Å². The molecule has 2 aromatic carbocycles. The van der Waals surface area contributed by atoms with Gasteiger partial charge in [0.15, 0.2) is 0 Å². The third-order valence-electron chi connectivity index (χ3n) is 3.87. The Kier molecular flexibility index (Phi) is 7.32. The van der Waals surface area contributed by atoms with Gasteiger partial charge < -0.3 is 10.1 Å². The molecule has 0 saturated heterocycles. The lowest BCUT2D eigenvalue weighted by Gasteiger charge is -2.20. The van der Waals surface area contributed by atoms with Crippen LogP contribution in [0.5, 0.6) is 5.75 Å². The Morgan fingerprint density at radius 1 is 1.15 bits per heavy atom. The van der Waals surface area contributed by atoms with Crippen LogP contribution >= 0.6 is 0 Å². The summed E-state index contributed by atoms with van der Waals surface area (Å²) in [7, 11) is -3.68. The van der Waals surface area contributed by atoms with Crippen LogP contribution in [0.4, 0.5) is 4.39 Å². The van der Waals surface area contributed by atoms with Gasteiger partial charge in [0.25, 0.3) is 0 Å². The van der Waals surface area contributed by atoms with Crippen LogP contribution in [0.2, 0.25) is 0 Å². The van der Waals surface area contributed by atoms with Gasteiger partial charge in [-0.15, -0.1) is 0 Å². The predicted molar refractivity (Wildman–Crippen MR) is 101 cm³/mol. The lowest BCUT2D eigenvalue weighted by Crippen LogP contribution is -2.41. The summed E-state index contributed by atoms with van der Waals surface area (Å²) in [6.07, 6.45) is 0.989. The SMILES string of the molecule is Cc1ccccc1OCCNC(=O)CN(Cc1ccccc1F)S(C)(=O)=O. The highest BCUT2D eigenvalue weighted by Crippen LogP contribution is 2.15. The quantitative estimate of drug-likeness (QED) is 0.661. The van der Waals surface area contributed by atoms with Crippen LogP contribution in [-0.2, 0) is 21.4 Å². The van der Waals surface area contributed by atoms with Crippen LogP contribution in [0.1, 0.15) is 11.1 Å². The highest BCUT2D eigenvalue weighted by atomic mass is 32.2. The van der Waals surface area contributed by atoms with Crippen molar-refractivity contribution >= 4 is 15.9 Å². The summed E-state index contributed by atoms with van der Waals surface area (Å²) in [4.78, 5) is 12.1.